The van der Waals surface area contributed by atoms with E-state index in [1.165, 1.54) is 5.56 Å². The Bertz CT molecular complexity index is 396. The van der Waals surface area contributed by atoms with E-state index in [2.05, 4.69) is 44.9 Å². The van der Waals surface area contributed by atoms with Crippen LogP contribution in [0.3, 0.4) is 0 Å². The summed E-state index contributed by atoms with van der Waals surface area (Å²) in [6.07, 6.45) is 1.28. The molecule has 0 aliphatic heterocycles. The van der Waals surface area contributed by atoms with Crippen LogP contribution in [-0.4, -0.2) is 44.4 Å². The highest BCUT2D eigenvalue weighted by Gasteiger charge is 2.16. The van der Waals surface area contributed by atoms with Crippen molar-refractivity contribution in [3.8, 4) is 5.75 Å². The second kappa shape index (κ2) is 9.77. The van der Waals surface area contributed by atoms with Gasteiger partial charge in [-0.1, -0.05) is 19.1 Å². The summed E-state index contributed by atoms with van der Waals surface area (Å²) < 4.78 is 11.3. The Morgan fingerprint density at radius 2 is 2.00 bits per heavy atom. The van der Waals surface area contributed by atoms with Gasteiger partial charge >= 0.3 is 0 Å². The van der Waals surface area contributed by atoms with Crippen LogP contribution in [0.5, 0.6) is 5.75 Å². The number of likely N-dealkylation sites (N-methyl/N-ethyl adjacent to an activating group) is 1. The summed E-state index contributed by atoms with van der Waals surface area (Å²) in [5.74, 6) is 0.916. The summed E-state index contributed by atoms with van der Waals surface area (Å²) in [4.78, 5) is 2.24. The van der Waals surface area contributed by atoms with Gasteiger partial charge in [-0.25, -0.2) is 0 Å². The lowest BCUT2D eigenvalue weighted by molar-refractivity contribution is 0.0564. The van der Waals surface area contributed by atoms with Crippen LogP contribution in [0.1, 0.15) is 38.8 Å². The summed E-state index contributed by atoms with van der Waals surface area (Å²) >= 11 is 0. The molecule has 120 valence electrons. The molecule has 0 aromatic heterocycles. The second-order valence-corrected chi connectivity index (χ2v) is 5.57. The third kappa shape index (κ3) is 6.46. The highest BCUT2D eigenvalue weighted by atomic mass is 16.5. The molecule has 0 amide bonds. The number of nitrogens with two attached hydrogens (primary N) is 1. The first kappa shape index (κ1) is 18.0. The number of hydrogen-bond acceptors (Lipinski definition) is 4. The zero-order valence-corrected chi connectivity index (χ0v) is 13.8. The average Bonchev–Trinajstić information content (AvgIpc) is 2.46. The third-order valence-corrected chi connectivity index (χ3v) is 3.37. The lowest BCUT2D eigenvalue weighted by atomic mass is 10.1. The maximum Gasteiger partial charge on any atom is 0.119 e. The summed E-state index contributed by atoms with van der Waals surface area (Å²) in [7, 11) is 2.08. The predicted molar refractivity (Wildman–Crippen MR) is 87.7 cm³/mol. The van der Waals surface area contributed by atoms with Crippen LogP contribution < -0.4 is 10.5 Å². The first-order chi connectivity index (χ1) is 10.1. The SMILES string of the molecule is CCCOc1cccc(C(CN)N(C)CCOC(C)C)c1. The molecule has 0 fully saturated rings. The van der Waals surface area contributed by atoms with Crippen LogP contribution in [0.4, 0.5) is 0 Å². The minimum atomic E-state index is 0.186. The van der Waals surface area contributed by atoms with Gasteiger partial charge in [0, 0.05) is 19.1 Å². The normalized spacial score (nSPS) is 12.9. The predicted octanol–water partition coefficient (Wildman–Crippen LogP) is 2.83. The van der Waals surface area contributed by atoms with Gasteiger partial charge in [-0.15, -0.1) is 0 Å². The Labute approximate surface area is 129 Å². The van der Waals surface area contributed by atoms with Crippen molar-refractivity contribution in [2.24, 2.45) is 5.73 Å². The zero-order chi connectivity index (χ0) is 15.7. The van der Waals surface area contributed by atoms with Gasteiger partial charge in [0.15, 0.2) is 0 Å². The Balaban J connectivity index is 2.65. The van der Waals surface area contributed by atoms with E-state index in [1.807, 2.05) is 12.1 Å². The molecule has 0 aliphatic rings. The largest absolute Gasteiger partial charge is 0.494 e. The molecule has 0 aliphatic carbocycles. The number of nitrogens with zero attached hydrogens (tertiary/aromatic N) is 1. The molecule has 1 rings (SSSR count). The van der Waals surface area contributed by atoms with Crippen molar-refractivity contribution in [2.75, 3.05) is 33.4 Å². The molecule has 21 heavy (non-hydrogen) atoms. The van der Waals surface area contributed by atoms with Gasteiger partial charge in [0.25, 0.3) is 0 Å². The van der Waals surface area contributed by atoms with E-state index in [4.69, 9.17) is 15.2 Å². The van der Waals surface area contributed by atoms with Gasteiger partial charge < -0.3 is 15.2 Å². The van der Waals surface area contributed by atoms with Gasteiger partial charge in [0.1, 0.15) is 5.75 Å². The van der Waals surface area contributed by atoms with E-state index in [0.717, 1.165) is 31.9 Å². The molecule has 1 aromatic carbocycles. The molecule has 0 heterocycles. The van der Waals surface area contributed by atoms with Crippen LogP contribution in [0.25, 0.3) is 0 Å². The van der Waals surface area contributed by atoms with Crippen LogP contribution in [0.2, 0.25) is 0 Å². The van der Waals surface area contributed by atoms with Crippen molar-refractivity contribution in [2.45, 2.75) is 39.3 Å². The summed E-state index contributed by atoms with van der Waals surface area (Å²) in [6.45, 7) is 9.11. The lowest BCUT2D eigenvalue weighted by Gasteiger charge is -2.28. The molecule has 0 saturated carbocycles. The Morgan fingerprint density at radius 1 is 1.24 bits per heavy atom. The third-order valence-electron chi connectivity index (χ3n) is 3.37. The molecule has 1 aromatic rings. The smallest absolute Gasteiger partial charge is 0.119 e. The van der Waals surface area contributed by atoms with Crippen molar-refractivity contribution in [3.05, 3.63) is 29.8 Å². The molecule has 4 nitrogen and oxygen atoms in total. The van der Waals surface area contributed by atoms with Crippen molar-refractivity contribution >= 4 is 0 Å². The highest BCUT2D eigenvalue weighted by molar-refractivity contribution is 5.30. The molecule has 0 radical (unpaired) electrons. The molecule has 2 N–H and O–H groups in total. The van der Waals surface area contributed by atoms with Crippen LogP contribution in [0.15, 0.2) is 24.3 Å². The Hall–Kier alpha value is -1.10. The van der Waals surface area contributed by atoms with Crippen molar-refractivity contribution in [1.82, 2.24) is 4.90 Å². The van der Waals surface area contributed by atoms with Crippen molar-refractivity contribution < 1.29 is 9.47 Å². The number of benzene rings is 1. The van der Waals surface area contributed by atoms with Gasteiger partial charge in [0.2, 0.25) is 0 Å². The quantitative estimate of drug-likeness (QED) is 0.721. The van der Waals surface area contributed by atoms with Crippen molar-refractivity contribution in [1.29, 1.82) is 0 Å². The number of ether oxygens (including phenoxy) is 2. The van der Waals surface area contributed by atoms with Crippen LogP contribution in [-0.2, 0) is 4.74 Å². The van der Waals surface area contributed by atoms with Gasteiger partial charge in [-0.3, -0.25) is 4.90 Å². The lowest BCUT2D eigenvalue weighted by Crippen LogP contribution is -2.33. The summed E-state index contributed by atoms with van der Waals surface area (Å²) in [5, 5.41) is 0. The Morgan fingerprint density at radius 3 is 2.62 bits per heavy atom. The van der Waals surface area contributed by atoms with E-state index in [-0.39, 0.29) is 12.1 Å². The standard InChI is InChI=1S/C17H30N2O2/c1-5-10-21-16-8-6-7-15(12-16)17(13-18)19(4)9-11-20-14(2)3/h6-8,12,14,17H,5,9-11,13,18H2,1-4H3. The number of rotatable bonds is 10. The zero-order valence-electron chi connectivity index (χ0n) is 13.8. The fourth-order valence-electron chi connectivity index (χ4n) is 2.19. The fourth-order valence-corrected chi connectivity index (χ4v) is 2.19. The van der Waals surface area contributed by atoms with Crippen molar-refractivity contribution in [3.63, 3.8) is 0 Å². The first-order valence-electron chi connectivity index (χ1n) is 7.83. The Kier molecular flexibility index (Phi) is 8.35. The average molecular weight is 294 g/mol. The molecule has 4 heteroatoms. The molecule has 1 unspecified atom stereocenters. The monoisotopic (exact) mass is 294 g/mol. The topological polar surface area (TPSA) is 47.7 Å². The molecule has 0 saturated heterocycles. The molecule has 1 atom stereocenters. The molecule has 0 spiro atoms. The molecular formula is C17H30N2O2. The second-order valence-electron chi connectivity index (χ2n) is 5.57. The summed E-state index contributed by atoms with van der Waals surface area (Å²) in [5.41, 5.74) is 7.16. The van der Waals surface area contributed by atoms with E-state index in [9.17, 15) is 0 Å². The summed E-state index contributed by atoms with van der Waals surface area (Å²) in [6, 6.07) is 8.41. The minimum Gasteiger partial charge on any atom is -0.494 e. The van der Waals surface area contributed by atoms with Gasteiger partial charge in [-0.2, -0.15) is 0 Å². The maximum absolute atomic E-state index is 5.96. The van der Waals surface area contributed by atoms with E-state index in [0.29, 0.717) is 6.54 Å². The maximum atomic E-state index is 5.96. The van der Waals surface area contributed by atoms with Gasteiger partial charge in [0.05, 0.1) is 19.3 Å². The highest BCUT2D eigenvalue weighted by Crippen LogP contribution is 2.22. The van der Waals surface area contributed by atoms with Crippen LogP contribution >= 0.6 is 0 Å². The van der Waals surface area contributed by atoms with E-state index in [1.54, 1.807) is 0 Å². The first-order valence-corrected chi connectivity index (χ1v) is 7.83. The molecule has 0 bridgehead atoms. The van der Waals surface area contributed by atoms with E-state index < -0.39 is 0 Å². The van der Waals surface area contributed by atoms with Gasteiger partial charge in [-0.05, 0) is 45.0 Å². The van der Waals surface area contributed by atoms with Crippen LogP contribution in [0, 0.1) is 0 Å². The fraction of sp³-hybridized carbons (Fsp3) is 0.647. The minimum absolute atomic E-state index is 0.186. The molecular weight excluding hydrogens is 264 g/mol. The van der Waals surface area contributed by atoms with E-state index >= 15 is 0 Å². The number of hydrogen-bond donors (Lipinski definition) is 1.